The number of hydrogen-bond donors (Lipinski definition) is 2. The van der Waals surface area contributed by atoms with E-state index in [1.807, 2.05) is 7.05 Å². The van der Waals surface area contributed by atoms with Gasteiger partial charge in [0.15, 0.2) is 0 Å². The maximum atomic E-state index is 4.27. The summed E-state index contributed by atoms with van der Waals surface area (Å²) in [6.45, 7) is 0.817. The predicted octanol–water partition coefficient (Wildman–Crippen LogP) is 2.40. The Morgan fingerprint density at radius 2 is 2.07 bits per heavy atom. The second kappa shape index (κ2) is 4.76. The minimum Gasteiger partial charge on any atom is -0.314 e. The smallest absolute Gasteiger partial charge is 0.0924 e. The van der Waals surface area contributed by atoms with Crippen molar-refractivity contribution in [2.75, 3.05) is 7.05 Å². The van der Waals surface area contributed by atoms with E-state index in [1.54, 1.807) is 0 Å². The van der Waals surface area contributed by atoms with Crippen LogP contribution >= 0.6 is 22.6 Å². The summed E-state index contributed by atoms with van der Waals surface area (Å²) in [6, 6.07) is 10.4. The molecule has 2 N–H and O–H groups in total. The van der Waals surface area contributed by atoms with Crippen LogP contribution < -0.4 is 5.32 Å². The van der Waals surface area contributed by atoms with E-state index in [-0.39, 0.29) is 0 Å². The molecule has 0 unspecified atom stereocenters. The molecular formula is C11H12IN3. The predicted molar refractivity (Wildman–Crippen MR) is 69.5 cm³/mol. The van der Waals surface area contributed by atoms with Crippen LogP contribution in [0.1, 0.15) is 5.69 Å². The molecule has 1 aromatic carbocycles. The number of nitrogens with one attached hydrogen (secondary N) is 2. The van der Waals surface area contributed by atoms with E-state index >= 15 is 0 Å². The first kappa shape index (κ1) is 10.6. The lowest BCUT2D eigenvalue weighted by atomic mass is 10.1. The summed E-state index contributed by atoms with van der Waals surface area (Å²) in [5, 5.41) is 10.4. The van der Waals surface area contributed by atoms with Gasteiger partial charge in [-0.05, 0) is 47.8 Å². The molecule has 1 heterocycles. The number of hydrogen-bond acceptors (Lipinski definition) is 2. The second-order valence-electron chi connectivity index (χ2n) is 3.32. The summed E-state index contributed by atoms with van der Waals surface area (Å²) < 4.78 is 1.24. The van der Waals surface area contributed by atoms with Crippen LogP contribution in [-0.4, -0.2) is 17.2 Å². The average Bonchev–Trinajstić information content (AvgIpc) is 2.68. The minimum absolute atomic E-state index is 0.817. The maximum absolute atomic E-state index is 4.27. The van der Waals surface area contributed by atoms with E-state index in [4.69, 9.17) is 0 Å². The molecule has 78 valence electrons. The first-order valence-corrected chi connectivity index (χ1v) is 5.82. The van der Waals surface area contributed by atoms with Gasteiger partial charge >= 0.3 is 0 Å². The topological polar surface area (TPSA) is 40.7 Å². The van der Waals surface area contributed by atoms with Gasteiger partial charge in [0, 0.05) is 21.4 Å². The summed E-state index contributed by atoms with van der Waals surface area (Å²) in [6.07, 6.45) is 0. The highest BCUT2D eigenvalue weighted by Gasteiger charge is 2.02. The molecule has 0 aliphatic heterocycles. The standard InChI is InChI=1S/C11H12IN3/c1-13-7-10-6-11(15-14-10)8-2-4-9(12)5-3-8/h2-6,13H,7H2,1H3,(H,14,15). The molecule has 1 aromatic heterocycles. The van der Waals surface area contributed by atoms with Crippen molar-refractivity contribution in [1.82, 2.24) is 15.5 Å². The van der Waals surface area contributed by atoms with Gasteiger partial charge in [-0.3, -0.25) is 5.10 Å². The summed E-state index contributed by atoms with van der Waals surface area (Å²) >= 11 is 2.30. The Labute approximate surface area is 102 Å². The molecule has 0 spiro atoms. The third kappa shape index (κ3) is 2.57. The zero-order valence-corrected chi connectivity index (χ0v) is 10.6. The summed E-state index contributed by atoms with van der Waals surface area (Å²) in [5.41, 5.74) is 3.25. The van der Waals surface area contributed by atoms with Gasteiger partial charge < -0.3 is 5.32 Å². The zero-order chi connectivity index (χ0) is 10.7. The summed E-state index contributed by atoms with van der Waals surface area (Å²) in [5.74, 6) is 0. The van der Waals surface area contributed by atoms with E-state index in [0.717, 1.165) is 23.5 Å². The van der Waals surface area contributed by atoms with Gasteiger partial charge in [0.2, 0.25) is 0 Å². The molecule has 3 nitrogen and oxygen atoms in total. The molecule has 4 heteroatoms. The summed E-state index contributed by atoms with van der Waals surface area (Å²) in [4.78, 5) is 0. The molecule has 0 radical (unpaired) electrons. The number of nitrogens with zero attached hydrogens (tertiary/aromatic N) is 1. The monoisotopic (exact) mass is 313 g/mol. The highest BCUT2D eigenvalue weighted by Crippen LogP contribution is 2.18. The lowest BCUT2D eigenvalue weighted by molar-refractivity contribution is 0.784. The molecule has 0 atom stereocenters. The van der Waals surface area contributed by atoms with Crippen molar-refractivity contribution < 1.29 is 0 Å². The van der Waals surface area contributed by atoms with Crippen LogP contribution in [0.15, 0.2) is 30.3 Å². The Balaban J connectivity index is 2.25. The molecule has 0 aliphatic carbocycles. The van der Waals surface area contributed by atoms with E-state index in [1.165, 1.54) is 3.57 Å². The lowest BCUT2D eigenvalue weighted by Crippen LogP contribution is -2.04. The molecule has 0 fully saturated rings. The molecule has 0 aliphatic rings. The van der Waals surface area contributed by atoms with Crippen LogP contribution in [0.2, 0.25) is 0 Å². The molecule has 0 saturated heterocycles. The molecule has 0 bridgehead atoms. The Kier molecular flexibility index (Phi) is 3.37. The molecule has 2 rings (SSSR count). The number of halogens is 1. The van der Waals surface area contributed by atoms with Crippen molar-refractivity contribution in [3.63, 3.8) is 0 Å². The van der Waals surface area contributed by atoms with Gasteiger partial charge in [0.25, 0.3) is 0 Å². The fraction of sp³-hybridized carbons (Fsp3) is 0.182. The van der Waals surface area contributed by atoms with Crippen LogP contribution in [-0.2, 0) is 6.54 Å². The fourth-order valence-electron chi connectivity index (χ4n) is 1.41. The summed E-state index contributed by atoms with van der Waals surface area (Å²) in [7, 11) is 1.92. The SMILES string of the molecule is CNCc1cc(-c2ccc(I)cc2)n[nH]1. The van der Waals surface area contributed by atoms with E-state index < -0.39 is 0 Å². The van der Waals surface area contributed by atoms with Crippen LogP contribution in [0.4, 0.5) is 0 Å². The Morgan fingerprint density at radius 3 is 2.73 bits per heavy atom. The van der Waals surface area contributed by atoms with Gasteiger partial charge in [-0.15, -0.1) is 0 Å². The Hall–Kier alpha value is -0.880. The average molecular weight is 313 g/mol. The first-order chi connectivity index (χ1) is 7.29. The van der Waals surface area contributed by atoms with Gasteiger partial charge in [-0.1, -0.05) is 12.1 Å². The van der Waals surface area contributed by atoms with E-state index in [9.17, 15) is 0 Å². The van der Waals surface area contributed by atoms with Crippen LogP contribution in [0.3, 0.4) is 0 Å². The molecule has 2 aromatic rings. The van der Waals surface area contributed by atoms with Gasteiger partial charge in [0.1, 0.15) is 0 Å². The number of aromatic nitrogens is 2. The van der Waals surface area contributed by atoms with Crippen molar-refractivity contribution in [2.45, 2.75) is 6.54 Å². The van der Waals surface area contributed by atoms with Crippen LogP contribution in [0.25, 0.3) is 11.3 Å². The van der Waals surface area contributed by atoms with Crippen molar-refractivity contribution in [3.05, 3.63) is 39.6 Å². The van der Waals surface area contributed by atoms with Gasteiger partial charge in [-0.2, -0.15) is 5.10 Å². The van der Waals surface area contributed by atoms with Gasteiger partial charge in [0.05, 0.1) is 5.69 Å². The highest BCUT2D eigenvalue weighted by atomic mass is 127. The van der Waals surface area contributed by atoms with Crippen molar-refractivity contribution >= 4 is 22.6 Å². The normalized spacial score (nSPS) is 10.5. The Bertz CT molecular complexity index is 433. The van der Waals surface area contributed by atoms with Crippen LogP contribution in [0, 0.1) is 3.57 Å². The molecular weight excluding hydrogens is 301 g/mol. The lowest BCUT2D eigenvalue weighted by Gasteiger charge is -1.95. The van der Waals surface area contributed by atoms with E-state index in [0.29, 0.717) is 0 Å². The van der Waals surface area contributed by atoms with Crippen molar-refractivity contribution in [2.24, 2.45) is 0 Å². The van der Waals surface area contributed by atoms with Crippen LogP contribution in [0.5, 0.6) is 0 Å². The number of benzene rings is 1. The minimum atomic E-state index is 0.817. The molecule has 15 heavy (non-hydrogen) atoms. The first-order valence-electron chi connectivity index (χ1n) is 4.74. The van der Waals surface area contributed by atoms with E-state index in [2.05, 4.69) is 68.4 Å². The fourth-order valence-corrected chi connectivity index (χ4v) is 1.77. The number of H-pyrrole nitrogens is 1. The van der Waals surface area contributed by atoms with Gasteiger partial charge in [-0.25, -0.2) is 0 Å². The third-order valence-electron chi connectivity index (χ3n) is 2.14. The third-order valence-corrected chi connectivity index (χ3v) is 2.86. The number of aromatic amines is 1. The molecule has 0 saturated carbocycles. The Morgan fingerprint density at radius 1 is 1.33 bits per heavy atom. The van der Waals surface area contributed by atoms with Crippen molar-refractivity contribution in [3.8, 4) is 11.3 Å². The maximum Gasteiger partial charge on any atom is 0.0924 e. The van der Waals surface area contributed by atoms with Crippen molar-refractivity contribution in [1.29, 1.82) is 0 Å². The largest absolute Gasteiger partial charge is 0.314 e. The zero-order valence-electron chi connectivity index (χ0n) is 8.42. The highest BCUT2D eigenvalue weighted by molar-refractivity contribution is 14.1. The second-order valence-corrected chi connectivity index (χ2v) is 4.56. The molecule has 0 amide bonds. The quantitative estimate of drug-likeness (QED) is 0.855. The number of rotatable bonds is 3.